The fourth-order valence-corrected chi connectivity index (χ4v) is 80.8. The summed E-state index contributed by atoms with van der Waals surface area (Å²) in [6.45, 7) is 30.7. The molecule has 0 aromatic heterocycles. The Kier molecular flexibility index (Phi) is 7.82. The van der Waals surface area contributed by atoms with Gasteiger partial charge in [0.25, 0.3) is 0 Å². The van der Waals surface area contributed by atoms with E-state index < -0.39 is 45.8 Å². The zero-order valence-electron chi connectivity index (χ0n) is 20.3. The molecule has 0 unspecified atom stereocenters. The zero-order valence-corrected chi connectivity index (χ0v) is 26.4. The summed E-state index contributed by atoms with van der Waals surface area (Å²) < 4.78 is 5.68. The minimum absolute atomic E-state index is 0.722. The Balaban J connectivity index is 3.85. The second kappa shape index (κ2) is 8.29. The van der Waals surface area contributed by atoms with Gasteiger partial charge in [-0.3, -0.25) is 0 Å². The Hall–Kier alpha value is 0.440. The molecule has 1 rings (SSSR count). The van der Waals surface area contributed by atoms with Gasteiger partial charge in [0.1, 0.15) is 0 Å². The number of allylic oxidation sites excluding steroid dienone is 2. The summed E-state index contributed by atoms with van der Waals surface area (Å²) in [5.74, 6) is 0. The molecule has 0 spiro atoms. The van der Waals surface area contributed by atoms with Crippen LogP contribution < -0.4 is 4.27 Å². The first-order chi connectivity index (χ1) is 11.9. The summed E-state index contributed by atoms with van der Waals surface area (Å²) in [5.41, 5.74) is 1.44. The predicted molar refractivity (Wildman–Crippen MR) is 137 cm³/mol. The van der Waals surface area contributed by atoms with Gasteiger partial charge in [0.15, 0.2) is 0 Å². The van der Waals surface area contributed by atoms with Crippen molar-refractivity contribution in [3.05, 3.63) is 11.8 Å². The van der Waals surface area contributed by atoms with Crippen LogP contribution >= 0.6 is 0 Å². The molecule has 1 aliphatic carbocycles. The van der Waals surface area contributed by atoms with Crippen LogP contribution in [0.25, 0.3) is 0 Å². The van der Waals surface area contributed by atoms with Gasteiger partial charge in [-0.1, -0.05) is 0 Å². The van der Waals surface area contributed by atoms with E-state index in [1.54, 1.807) is 0 Å². The van der Waals surface area contributed by atoms with Gasteiger partial charge in [-0.25, -0.2) is 0 Å². The minimum atomic E-state index is -3.11. The molecule has 0 saturated heterocycles. The molecule has 0 aromatic rings. The van der Waals surface area contributed by atoms with E-state index in [9.17, 15) is 5.26 Å². The fourth-order valence-electron chi connectivity index (χ4n) is 6.85. The van der Waals surface area contributed by atoms with Crippen molar-refractivity contribution in [2.75, 3.05) is 0 Å². The van der Waals surface area contributed by atoms with Crippen molar-refractivity contribution in [2.45, 2.75) is 106 Å². The molecule has 0 atom stereocenters. The first kappa shape index (κ1) is 25.5. The average Bonchev–Trinajstić information content (AvgIpc) is 2.83. The van der Waals surface area contributed by atoms with Crippen molar-refractivity contribution in [3.8, 4) is 4.90 Å². The molecule has 156 valence electrons. The van der Waals surface area contributed by atoms with Crippen molar-refractivity contribution in [2.24, 2.45) is 0 Å². The molecule has 2 nitrogen and oxygen atoms in total. The van der Waals surface area contributed by atoms with Crippen LogP contribution in [0.5, 0.6) is 0 Å². The van der Waals surface area contributed by atoms with Crippen molar-refractivity contribution in [1.29, 1.82) is 5.26 Å². The molecule has 27 heavy (non-hydrogen) atoms. The third kappa shape index (κ3) is 5.97. The standard InChI is InChI=1S/C20H46GeN2Si4/c1-24(2,3)19(25(4,5)6)21(17-22,23-18-15-13-14-16-18)20(26(7,8)9)27(10,11)12/h15,19-20,23H,13-14,16H2,1-12H3. The third-order valence-electron chi connectivity index (χ3n) is 5.97. The molecule has 0 fully saturated rings. The third-order valence-corrected chi connectivity index (χ3v) is 60.7. The summed E-state index contributed by atoms with van der Waals surface area (Å²) >= 11 is -3.11. The van der Waals surface area contributed by atoms with Crippen molar-refractivity contribution in [3.63, 3.8) is 0 Å². The Morgan fingerprint density at radius 3 is 1.41 bits per heavy atom. The maximum absolute atomic E-state index is 11.1. The average molecular weight is 500 g/mol. The summed E-state index contributed by atoms with van der Waals surface area (Å²) in [7, 11) is -5.97. The molecule has 0 heterocycles. The number of nitriles is 1. The Morgan fingerprint density at radius 1 is 0.815 bits per heavy atom. The summed E-state index contributed by atoms with van der Waals surface area (Å²) in [6, 6.07) is 0. The van der Waals surface area contributed by atoms with Crippen LogP contribution in [-0.2, 0) is 0 Å². The molecule has 1 aliphatic rings. The van der Waals surface area contributed by atoms with Crippen LogP contribution in [0.2, 0.25) is 86.6 Å². The van der Waals surface area contributed by atoms with Crippen molar-refractivity contribution >= 4 is 45.8 Å². The predicted octanol–water partition coefficient (Wildman–Crippen LogP) is 6.90. The molecule has 0 amide bonds. The Bertz CT molecular complexity index is 538. The van der Waals surface area contributed by atoms with E-state index in [-0.39, 0.29) is 0 Å². The first-order valence-electron chi connectivity index (χ1n) is 10.8. The molecular weight excluding hydrogens is 453 g/mol. The molecule has 0 radical (unpaired) electrons. The van der Waals surface area contributed by atoms with E-state index in [2.05, 4.69) is 93.8 Å². The number of hydrogen-bond donors (Lipinski definition) is 1. The number of hydrogen-bond acceptors (Lipinski definition) is 2. The fraction of sp³-hybridized carbons (Fsp3) is 0.850. The molecule has 0 aliphatic heterocycles. The van der Waals surface area contributed by atoms with Gasteiger partial charge in [-0.15, -0.1) is 0 Å². The number of rotatable bonds is 8. The summed E-state index contributed by atoms with van der Waals surface area (Å²) in [6.07, 6.45) is 6.06. The zero-order chi connectivity index (χ0) is 21.5. The van der Waals surface area contributed by atoms with E-state index in [1.807, 2.05) is 0 Å². The SMILES string of the molecule is C[Si](C)(C)[CH]([Si](C)(C)C)[Ge]([C]#N)([NH]C1=CCCC1)[CH]([Si](C)(C)C)[Si](C)(C)C. The maximum atomic E-state index is 11.1. The van der Waals surface area contributed by atoms with E-state index in [4.69, 9.17) is 0 Å². The van der Waals surface area contributed by atoms with Crippen LogP contribution in [-0.4, -0.2) is 45.8 Å². The van der Waals surface area contributed by atoms with Gasteiger partial charge < -0.3 is 0 Å². The molecule has 0 bridgehead atoms. The van der Waals surface area contributed by atoms with Crippen LogP contribution in [0.15, 0.2) is 11.8 Å². The van der Waals surface area contributed by atoms with Gasteiger partial charge in [0.05, 0.1) is 0 Å². The van der Waals surface area contributed by atoms with E-state index in [1.165, 1.54) is 25.0 Å². The Labute approximate surface area is 177 Å². The molecule has 0 saturated carbocycles. The first-order valence-corrected chi connectivity index (χ1v) is 29.6. The summed E-state index contributed by atoms with van der Waals surface area (Å²) in [5, 5.41) is 11.1. The van der Waals surface area contributed by atoms with E-state index in [0.717, 1.165) is 7.99 Å². The number of nitrogens with zero attached hydrogens (tertiary/aromatic N) is 1. The number of nitrogens with one attached hydrogen (secondary N) is 1. The molecule has 0 aromatic carbocycles. The molecule has 1 N–H and O–H groups in total. The normalized spacial score (nSPS) is 17.3. The Morgan fingerprint density at radius 2 is 1.19 bits per heavy atom. The van der Waals surface area contributed by atoms with Crippen molar-refractivity contribution in [1.82, 2.24) is 4.27 Å². The van der Waals surface area contributed by atoms with Crippen LogP contribution in [0, 0.1) is 10.2 Å². The van der Waals surface area contributed by atoms with E-state index in [0.29, 0.717) is 0 Å². The van der Waals surface area contributed by atoms with Gasteiger partial charge in [0, 0.05) is 0 Å². The van der Waals surface area contributed by atoms with Crippen LogP contribution in [0.1, 0.15) is 19.3 Å². The van der Waals surface area contributed by atoms with Gasteiger partial charge >= 0.3 is 178 Å². The monoisotopic (exact) mass is 500 g/mol. The molecular formula is C20H46GeN2Si4. The van der Waals surface area contributed by atoms with E-state index >= 15 is 0 Å². The van der Waals surface area contributed by atoms with Gasteiger partial charge in [-0.05, 0) is 0 Å². The van der Waals surface area contributed by atoms with Crippen LogP contribution in [0.3, 0.4) is 0 Å². The molecule has 7 heteroatoms. The van der Waals surface area contributed by atoms with Gasteiger partial charge in [-0.2, -0.15) is 0 Å². The second-order valence-electron chi connectivity index (χ2n) is 13.1. The summed E-state index contributed by atoms with van der Waals surface area (Å²) in [4.78, 5) is 3.24. The van der Waals surface area contributed by atoms with Crippen LogP contribution in [0.4, 0.5) is 0 Å². The quantitative estimate of drug-likeness (QED) is 0.369. The van der Waals surface area contributed by atoms with Gasteiger partial charge in [0.2, 0.25) is 0 Å². The van der Waals surface area contributed by atoms with Crippen molar-refractivity contribution < 1.29 is 0 Å². The second-order valence-corrected chi connectivity index (χ2v) is 47.4. The topological polar surface area (TPSA) is 35.8 Å².